The van der Waals surface area contributed by atoms with E-state index in [9.17, 15) is 14.4 Å². The Bertz CT molecular complexity index is 1150. The number of nitrogens with zero attached hydrogens (tertiary/aromatic N) is 1. The Balaban J connectivity index is 1.40. The molecule has 2 fully saturated rings. The molecule has 0 radical (unpaired) electrons. The predicted octanol–water partition coefficient (Wildman–Crippen LogP) is 4.50. The van der Waals surface area contributed by atoms with Crippen LogP contribution in [0.1, 0.15) is 82.3 Å². The maximum absolute atomic E-state index is 13.4. The van der Waals surface area contributed by atoms with E-state index in [0.717, 1.165) is 12.0 Å². The highest BCUT2D eigenvalue weighted by molar-refractivity contribution is 5.96. The van der Waals surface area contributed by atoms with Crippen molar-refractivity contribution in [2.45, 2.75) is 89.9 Å². The summed E-state index contributed by atoms with van der Waals surface area (Å²) >= 11 is 0. The molecular formula is C30H41N3O5. The summed E-state index contributed by atoms with van der Waals surface area (Å²) in [6.45, 7) is 11.1. The summed E-state index contributed by atoms with van der Waals surface area (Å²) in [6, 6.07) is 10.8. The van der Waals surface area contributed by atoms with E-state index in [-0.39, 0.29) is 35.3 Å². The maximum Gasteiger partial charge on any atom is 0.310 e. The fraction of sp³-hybridized carbons (Fsp3) is 0.567. The van der Waals surface area contributed by atoms with Gasteiger partial charge in [0.2, 0.25) is 5.91 Å². The molecule has 1 aromatic carbocycles. The van der Waals surface area contributed by atoms with Gasteiger partial charge in [-0.1, -0.05) is 38.1 Å². The molecule has 0 bridgehead atoms. The highest BCUT2D eigenvalue weighted by Crippen LogP contribution is 2.33. The number of esters is 1. The quantitative estimate of drug-likeness (QED) is 0.519. The summed E-state index contributed by atoms with van der Waals surface area (Å²) in [5.41, 5.74) is 2.05. The molecule has 4 rings (SSSR count). The monoisotopic (exact) mass is 523 g/mol. The van der Waals surface area contributed by atoms with Crippen LogP contribution in [0, 0.1) is 5.92 Å². The third kappa shape index (κ3) is 6.29. The number of amides is 2. The van der Waals surface area contributed by atoms with Gasteiger partial charge >= 0.3 is 5.97 Å². The van der Waals surface area contributed by atoms with E-state index in [4.69, 9.17) is 9.15 Å². The second kappa shape index (κ2) is 11.3. The van der Waals surface area contributed by atoms with E-state index in [1.54, 1.807) is 17.0 Å². The van der Waals surface area contributed by atoms with Gasteiger partial charge in [-0.2, -0.15) is 0 Å². The number of nitrogens with one attached hydrogen (secondary N) is 2. The molecule has 2 amide bonds. The van der Waals surface area contributed by atoms with Crippen LogP contribution in [0.15, 0.2) is 40.8 Å². The smallest absolute Gasteiger partial charge is 0.310 e. The highest BCUT2D eigenvalue weighted by atomic mass is 16.5. The first-order valence-corrected chi connectivity index (χ1v) is 13.6. The minimum absolute atomic E-state index is 0.0692. The first kappa shape index (κ1) is 27.9. The Morgan fingerprint density at radius 3 is 2.39 bits per heavy atom. The van der Waals surface area contributed by atoms with Crippen LogP contribution in [-0.2, 0) is 14.3 Å². The lowest BCUT2D eigenvalue weighted by Crippen LogP contribution is -2.55. The summed E-state index contributed by atoms with van der Waals surface area (Å²) in [6.07, 6.45) is 2.67. The van der Waals surface area contributed by atoms with Crippen LogP contribution in [0.3, 0.4) is 0 Å². The van der Waals surface area contributed by atoms with Crippen molar-refractivity contribution in [3.8, 4) is 11.3 Å². The van der Waals surface area contributed by atoms with Crippen molar-refractivity contribution in [2.75, 3.05) is 13.7 Å². The van der Waals surface area contributed by atoms with Crippen LogP contribution in [-0.4, -0.2) is 60.0 Å². The first-order valence-electron chi connectivity index (χ1n) is 13.6. The van der Waals surface area contributed by atoms with Crippen LogP contribution in [0.5, 0.6) is 0 Å². The normalized spacial score (nSPS) is 24.1. The van der Waals surface area contributed by atoms with Gasteiger partial charge in [0.15, 0.2) is 5.76 Å². The molecule has 1 aromatic heterocycles. The number of carbonyl (C=O) groups is 3. The summed E-state index contributed by atoms with van der Waals surface area (Å²) in [4.78, 5) is 40.8. The van der Waals surface area contributed by atoms with Gasteiger partial charge in [0.25, 0.3) is 5.91 Å². The number of ether oxygens (including phenoxy) is 1. The molecule has 1 aliphatic heterocycles. The Morgan fingerprint density at radius 1 is 1.05 bits per heavy atom. The Labute approximate surface area is 225 Å². The molecule has 2 N–H and O–H groups in total. The zero-order valence-electron chi connectivity index (χ0n) is 23.4. The number of benzene rings is 1. The van der Waals surface area contributed by atoms with E-state index in [1.165, 1.54) is 12.7 Å². The van der Waals surface area contributed by atoms with Gasteiger partial charge in [-0.05, 0) is 70.1 Å². The standard InChI is InChI=1S/C30H41N3O5/c1-18(2)19-7-9-20(10-8-19)25-13-14-26(38-25)27(34)31-23-15-16-33(28(23)35)24-12-11-21(32-30(3,4)5)17-22(24)29(36)37-6/h7-10,13-14,18,21-24,32H,11-12,15-17H2,1-6H3,(H,31,34)/t21?,22?,23-,24?/m0/s1. The molecule has 3 unspecified atom stereocenters. The molecule has 38 heavy (non-hydrogen) atoms. The molecule has 206 valence electrons. The lowest BCUT2D eigenvalue weighted by molar-refractivity contribution is -0.151. The molecule has 8 heteroatoms. The van der Waals surface area contributed by atoms with E-state index < -0.39 is 17.9 Å². The fourth-order valence-electron chi connectivity index (χ4n) is 5.72. The average molecular weight is 524 g/mol. The maximum atomic E-state index is 13.4. The largest absolute Gasteiger partial charge is 0.469 e. The van der Waals surface area contributed by atoms with Gasteiger partial charge < -0.3 is 24.7 Å². The van der Waals surface area contributed by atoms with Gasteiger partial charge in [0, 0.05) is 29.7 Å². The van der Waals surface area contributed by atoms with Crippen LogP contribution < -0.4 is 10.6 Å². The van der Waals surface area contributed by atoms with Crippen molar-refractivity contribution in [3.63, 3.8) is 0 Å². The lowest BCUT2D eigenvalue weighted by Gasteiger charge is -2.41. The minimum atomic E-state index is -0.648. The number of hydrogen-bond donors (Lipinski definition) is 2. The molecule has 2 heterocycles. The van der Waals surface area contributed by atoms with E-state index in [1.807, 2.05) is 12.1 Å². The molecule has 4 atom stereocenters. The van der Waals surface area contributed by atoms with Crippen molar-refractivity contribution in [2.24, 2.45) is 5.92 Å². The number of hydrogen-bond acceptors (Lipinski definition) is 6. The highest BCUT2D eigenvalue weighted by Gasteiger charge is 2.45. The Kier molecular flexibility index (Phi) is 8.31. The van der Waals surface area contributed by atoms with Gasteiger partial charge in [0.05, 0.1) is 13.0 Å². The van der Waals surface area contributed by atoms with Crippen LogP contribution >= 0.6 is 0 Å². The molecule has 1 saturated carbocycles. The van der Waals surface area contributed by atoms with Crippen LogP contribution in [0.2, 0.25) is 0 Å². The summed E-state index contributed by atoms with van der Waals surface area (Å²) in [5.74, 6) is -0.0642. The molecular weight excluding hydrogens is 482 g/mol. The van der Waals surface area contributed by atoms with Crippen molar-refractivity contribution >= 4 is 17.8 Å². The fourth-order valence-corrected chi connectivity index (χ4v) is 5.72. The van der Waals surface area contributed by atoms with Crippen LogP contribution in [0.4, 0.5) is 0 Å². The summed E-state index contributed by atoms with van der Waals surface area (Å²) in [7, 11) is 1.39. The SMILES string of the molecule is COC(=O)C1CC(NC(C)(C)C)CCC1N1CC[C@H](NC(=O)c2ccc(-c3ccc(C(C)C)cc3)o2)C1=O. The van der Waals surface area contributed by atoms with E-state index >= 15 is 0 Å². The second-order valence-corrected chi connectivity index (χ2v) is 11.9. The van der Waals surface area contributed by atoms with E-state index in [2.05, 4.69) is 57.4 Å². The van der Waals surface area contributed by atoms with E-state index in [0.29, 0.717) is 37.5 Å². The Hall–Kier alpha value is -3.13. The topological polar surface area (TPSA) is 101 Å². The minimum Gasteiger partial charge on any atom is -0.469 e. The predicted molar refractivity (Wildman–Crippen MR) is 146 cm³/mol. The van der Waals surface area contributed by atoms with Crippen molar-refractivity contribution < 1.29 is 23.5 Å². The first-order chi connectivity index (χ1) is 18.0. The van der Waals surface area contributed by atoms with Crippen molar-refractivity contribution in [1.82, 2.24) is 15.5 Å². The number of likely N-dealkylation sites (tertiary alicyclic amines) is 1. The third-order valence-corrected chi connectivity index (χ3v) is 7.59. The molecule has 2 aromatic rings. The second-order valence-electron chi connectivity index (χ2n) is 11.9. The van der Waals surface area contributed by atoms with Crippen molar-refractivity contribution in [3.05, 3.63) is 47.7 Å². The third-order valence-electron chi connectivity index (χ3n) is 7.59. The number of furan rings is 1. The summed E-state index contributed by atoms with van der Waals surface area (Å²) < 4.78 is 10.9. The Morgan fingerprint density at radius 2 is 1.76 bits per heavy atom. The summed E-state index contributed by atoms with van der Waals surface area (Å²) in [5, 5.41) is 6.43. The zero-order chi connectivity index (χ0) is 27.6. The average Bonchev–Trinajstić information content (AvgIpc) is 3.50. The zero-order valence-corrected chi connectivity index (χ0v) is 23.4. The van der Waals surface area contributed by atoms with Gasteiger partial charge in [-0.25, -0.2) is 0 Å². The van der Waals surface area contributed by atoms with Crippen molar-refractivity contribution in [1.29, 1.82) is 0 Å². The van der Waals surface area contributed by atoms with Gasteiger partial charge in [0.1, 0.15) is 11.8 Å². The molecule has 2 aliphatic rings. The molecule has 1 saturated heterocycles. The van der Waals surface area contributed by atoms with Crippen LogP contribution in [0.25, 0.3) is 11.3 Å². The lowest BCUT2D eigenvalue weighted by atomic mass is 9.80. The van der Waals surface area contributed by atoms with Gasteiger partial charge in [-0.3, -0.25) is 14.4 Å². The molecule has 0 spiro atoms. The number of carbonyl (C=O) groups excluding carboxylic acids is 3. The number of methoxy groups -OCH3 is 1. The molecule has 1 aliphatic carbocycles. The molecule has 8 nitrogen and oxygen atoms in total. The number of rotatable bonds is 7. The van der Waals surface area contributed by atoms with Gasteiger partial charge in [-0.15, -0.1) is 0 Å².